The second kappa shape index (κ2) is 6.01. The Balaban J connectivity index is 2.21. The highest BCUT2D eigenvalue weighted by molar-refractivity contribution is 5.36. The van der Waals surface area contributed by atoms with Crippen molar-refractivity contribution >= 4 is 0 Å². The third-order valence-electron chi connectivity index (χ3n) is 3.19. The third-order valence-corrected chi connectivity index (χ3v) is 3.19. The van der Waals surface area contributed by atoms with E-state index in [1.807, 2.05) is 13.0 Å². The molecule has 0 aliphatic carbocycles. The van der Waals surface area contributed by atoms with Gasteiger partial charge in [0.25, 0.3) is 0 Å². The van der Waals surface area contributed by atoms with Crippen molar-refractivity contribution in [3.05, 3.63) is 64.7 Å². The number of aliphatic hydroxyl groups is 1. The van der Waals surface area contributed by atoms with Crippen LogP contribution in [0.4, 0.5) is 8.78 Å². The number of aliphatic hydroxyl groups excluding tert-OH is 1. The molecular weight excluding hydrogens is 262 g/mol. The van der Waals surface area contributed by atoms with Crippen LogP contribution in [-0.4, -0.2) is 12.2 Å². The molecule has 4 heteroatoms. The van der Waals surface area contributed by atoms with E-state index in [2.05, 4.69) is 0 Å². The molecule has 2 nitrogen and oxygen atoms in total. The summed E-state index contributed by atoms with van der Waals surface area (Å²) in [6.07, 6.45) is -0.663. The van der Waals surface area contributed by atoms with Gasteiger partial charge in [0.05, 0.1) is 13.2 Å². The minimum absolute atomic E-state index is 0.155. The first-order valence-electron chi connectivity index (χ1n) is 6.27. The second-order valence-electron chi connectivity index (χ2n) is 4.72. The van der Waals surface area contributed by atoms with Crippen molar-refractivity contribution in [1.82, 2.24) is 0 Å². The van der Waals surface area contributed by atoms with E-state index in [1.165, 1.54) is 12.1 Å². The molecule has 0 saturated carbocycles. The molecule has 0 bridgehead atoms. The van der Waals surface area contributed by atoms with Gasteiger partial charge in [-0.25, -0.2) is 8.78 Å². The number of ether oxygens (including phenoxy) is 1. The molecule has 0 spiro atoms. The fourth-order valence-electron chi connectivity index (χ4n) is 2.21. The van der Waals surface area contributed by atoms with Gasteiger partial charge in [-0.3, -0.25) is 0 Å². The zero-order valence-electron chi connectivity index (χ0n) is 11.4. The topological polar surface area (TPSA) is 29.5 Å². The predicted octanol–water partition coefficient (Wildman–Crippen LogP) is 3.56. The molecular formula is C16H16F2O2. The van der Waals surface area contributed by atoms with Crippen LogP contribution in [0.1, 0.15) is 22.8 Å². The average Bonchev–Trinajstić information content (AvgIpc) is 2.36. The highest BCUT2D eigenvalue weighted by atomic mass is 19.1. The molecule has 1 unspecified atom stereocenters. The Kier molecular flexibility index (Phi) is 4.35. The van der Waals surface area contributed by atoms with E-state index in [-0.39, 0.29) is 6.42 Å². The maximum atomic E-state index is 13.1. The highest BCUT2D eigenvalue weighted by Gasteiger charge is 2.13. The molecule has 2 aromatic rings. The van der Waals surface area contributed by atoms with Crippen molar-refractivity contribution in [3.63, 3.8) is 0 Å². The summed E-state index contributed by atoms with van der Waals surface area (Å²) in [6, 6.07) is 8.59. The second-order valence-corrected chi connectivity index (χ2v) is 4.72. The van der Waals surface area contributed by atoms with E-state index in [1.54, 1.807) is 19.2 Å². The van der Waals surface area contributed by atoms with Crippen LogP contribution in [-0.2, 0) is 6.42 Å². The van der Waals surface area contributed by atoms with E-state index in [0.717, 1.165) is 17.2 Å². The molecule has 0 aromatic heterocycles. The molecule has 0 amide bonds. The van der Waals surface area contributed by atoms with Crippen molar-refractivity contribution in [2.45, 2.75) is 19.4 Å². The molecule has 1 N–H and O–H groups in total. The van der Waals surface area contributed by atoms with E-state index < -0.39 is 17.7 Å². The SMILES string of the molecule is COc1ccc(C(O)Cc2cc(F)cc(F)c2)c(C)c1. The summed E-state index contributed by atoms with van der Waals surface area (Å²) in [5, 5.41) is 10.2. The lowest BCUT2D eigenvalue weighted by Gasteiger charge is -2.15. The molecule has 0 aliphatic rings. The van der Waals surface area contributed by atoms with Gasteiger partial charge >= 0.3 is 0 Å². The number of rotatable bonds is 4. The largest absolute Gasteiger partial charge is 0.497 e. The molecule has 2 aromatic carbocycles. The number of methoxy groups -OCH3 is 1. The highest BCUT2D eigenvalue weighted by Crippen LogP contribution is 2.25. The summed E-state index contributed by atoms with van der Waals surface area (Å²) >= 11 is 0. The van der Waals surface area contributed by atoms with Crippen LogP contribution in [0.5, 0.6) is 5.75 Å². The average molecular weight is 278 g/mol. The van der Waals surface area contributed by atoms with Crippen LogP contribution < -0.4 is 4.74 Å². The lowest BCUT2D eigenvalue weighted by molar-refractivity contribution is 0.177. The summed E-state index contributed by atoms with van der Waals surface area (Å²) in [5.74, 6) is -0.576. The number of hydrogen-bond acceptors (Lipinski definition) is 2. The van der Waals surface area contributed by atoms with Gasteiger partial charge in [-0.15, -0.1) is 0 Å². The standard InChI is InChI=1S/C16H16F2O2/c1-10-5-14(20-2)3-4-15(10)16(19)8-11-6-12(17)9-13(18)7-11/h3-7,9,16,19H,8H2,1-2H3. The van der Waals surface area contributed by atoms with Crippen molar-refractivity contribution in [2.24, 2.45) is 0 Å². The fraction of sp³-hybridized carbons (Fsp3) is 0.250. The van der Waals surface area contributed by atoms with Crippen molar-refractivity contribution in [1.29, 1.82) is 0 Å². The van der Waals surface area contributed by atoms with Gasteiger partial charge in [-0.05, 0) is 47.9 Å². The minimum atomic E-state index is -0.817. The molecule has 0 heterocycles. The monoisotopic (exact) mass is 278 g/mol. The van der Waals surface area contributed by atoms with Crippen molar-refractivity contribution in [2.75, 3.05) is 7.11 Å². The van der Waals surface area contributed by atoms with Gasteiger partial charge in [0.15, 0.2) is 0 Å². The van der Waals surface area contributed by atoms with Crippen molar-refractivity contribution in [3.8, 4) is 5.75 Å². The quantitative estimate of drug-likeness (QED) is 0.926. The predicted molar refractivity (Wildman–Crippen MR) is 72.8 cm³/mol. The number of aryl methyl sites for hydroxylation is 1. The first-order chi connectivity index (χ1) is 9.49. The van der Waals surface area contributed by atoms with E-state index in [9.17, 15) is 13.9 Å². The first-order valence-corrected chi connectivity index (χ1v) is 6.27. The van der Waals surface area contributed by atoms with Gasteiger partial charge in [0.2, 0.25) is 0 Å². The lowest BCUT2D eigenvalue weighted by atomic mass is 9.97. The summed E-state index contributed by atoms with van der Waals surface area (Å²) in [6.45, 7) is 1.85. The van der Waals surface area contributed by atoms with Gasteiger partial charge in [0.1, 0.15) is 17.4 Å². The van der Waals surface area contributed by atoms with Crippen LogP contribution in [0.15, 0.2) is 36.4 Å². The number of hydrogen-bond donors (Lipinski definition) is 1. The van der Waals surface area contributed by atoms with Crippen LogP contribution in [0.2, 0.25) is 0 Å². The summed E-state index contributed by atoms with van der Waals surface area (Å²) in [4.78, 5) is 0. The maximum absolute atomic E-state index is 13.1. The van der Waals surface area contributed by atoms with E-state index in [4.69, 9.17) is 4.74 Å². The lowest BCUT2D eigenvalue weighted by Crippen LogP contribution is -2.05. The van der Waals surface area contributed by atoms with E-state index in [0.29, 0.717) is 11.3 Å². The molecule has 1 atom stereocenters. The van der Waals surface area contributed by atoms with Crippen molar-refractivity contribution < 1.29 is 18.6 Å². The molecule has 0 saturated heterocycles. The van der Waals surface area contributed by atoms with Crippen LogP contribution >= 0.6 is 0 Å². The van der Waals surface area contributed by atoms with Crippen LogP contribution in [0, 0.1) is 18.6 Å². The normalized spacial score (nSPS) is 12.2. The third kappa shape index (κ3) is 3.33. The molecule has 0 fully saturated rings. The smallest absolute Gasteiger partial charge is 0.126 e. The molecule has 0 aliphatic heterocycles. The Bertz CT molecular complexity index is 591. The Morgan fingerprint density at radius 2 is 1.75 bits per heavy atom. The Hall–Kier alpha value is -1.94. The number of halogens is 2. The van der Waals surface area contributed by atoms with Crippen LogP contribution in [0.3, 0.4) is 0 Å². The fourth-order valence-corrected chi connectivity index (χ4v) is 2.21. The van der Waals surface area contributed by atoms with Gasteiger partial charge < -0.3 is 9.84 Å². The Morgan fingerprint density at radius 3 is 2.30 bits per heavy atom. The van der Waals surface area contributed by atoms with Crippen LogP contribution in [0.25, 0.3) is 0 Å². The van der Waals surface area contributed by atoms with Gasteiger partial charge in [0, 0.05) is 12.5 Å². The summed E-state index contributed by atoms with van der Waals surface area (Å²) < 4.78 is 31.3. The number of benzene rings is 2. The van der Waals surface area contributed by atoms with E-state index >= 15 is 0 Å². The molecule has 0 radical (unpaired) electrons. The maximum Gasteiger partial charge on any atom is 0.126 e. The van der Waals surface area contributed by atoms with Gasteiger partial charge in [-0.2, -0.15) is 0 Å². The molecule has 20 heavy (non-hydrogen) atoms. The first kappa shape index (κ1) is 14.5. The Labute approximate surface area is 116 Å². The summed E-state index contributed by atoms with van der Waals surface area (Å²) in [5.41, 5.74) is 2.01. The summed E-state index contributed by atoms with van der Waals surface area (Å²) in [7, 11) is 1.57. The molecule has 106 valence electrons. The molecule has 2 rings (SSSR count). The Morgan fingerprint density at radius 1 is 1.10 bits per heavy atom. The zero-order chi connectivity index (χ0) is 14.7. The minimum Gasteiger partial charge on any atom is -0.497 e. The zero-order valence-corrected chi connectivity index (χ0v) is 11.4. The van der Waals surface area contributed by atoms with Gasteiger partial charge in [-0.1, -0.05) is 6.07 Å².